The van der Waals surface area contributed by atoms with Gasteiger partial charge in [0.05, 0.1) is 18.8 Å². The molecule has 0 radical (unpaired) electrons. The fourth-order valence-corrected chi connectivity index (χ4v) is 7.27. The number of nitrogens with zero attached hydrogens (tertiary/aromatic N) is 1. The second kappa shape index (κ2) is 21.8. The fourth-order valence-electron chi connectivity index (χ4n) is 7.27. The molecule has 0 aliphatic carbocycles. The van der Waals surface area contributed by atoms with Crippen LogP contribution in [0.4, 0.5) is 0 Å². The third kappa shape index (κ3) is 12.4. The van der Waals surface area contributed by atoms with Gasteiger partial charge in [-0.2, -0.15) is 0 Å². The Balaban J connectivity index is 1.48. The van der Waals surface area contributed by atoms with Crippen LogP contribution < -0.4 is 21.9 Å². The smallest absolute Gasteiger partial charge is 0.330 e. The van der Waals surface area contributed by atoms with E-state index < -0.39 is 128 Å². The molecule has 57 heavy (non-hydrogen) atoms. The zero-order chi connectivity index (χ0) is 42.0. The zero-order valence-electron chi connectivity index (χ0n) is 32.4. The van der Waals surface area contributed by atoms with Crippen molar-refractivity contribution in [1.82, 2.24) is 20.2 Å². The highest BCUT2D eigenvalue weighted by Crippen LogP contribution is 2.34. The Morgan fingerprint density at radius 3 is 2.05 bits per heavy atom. The minimum Gasteiger partial charge on any atom is -0.394 e. The molecule has 4 heterocycles. The van der Waals surface area contributed by atoms with Crippen LogP contribution >= 0.6 is 0 Å². The van der Waals surface area contributed by atoms with Crippen molar-refractivity contribution in [3.8, 4) is 0 Å². The van der Waals surface area contributed by atoms with Crippen molar-refractivity contribution in [2.75, 3.05) is 6.61 Å². The number of aliphatic hydroxyl groups excluding tert-OH is 8. The number of allylic oxidation sites excluding steroid dienone is 1. The molecule has 2 amide bonds. The standard InChI is InChI=1S/C37H60N4O16/c1-18(2)12-10-8-6-4-5-7-9-11-13-23(45)39-26-30(50)27(47)21(54-36(26)57-35-25(38-19(3)43)29(49)28(48)22(17-42)55-35)16-20(44)33-31(51)32(52)34(56-33)41-15-14-24(46)40-37(41)53/h11,13-15,18,20-22,25-36,42,44,47-52H,4-10,12,16-17H2,1-3H3,(H,38,43)(H,39,45)(H,40,46,53)/b13-11+/t20-,21-,22+,25+,26-,27+,28+,29+,30-,31+,32-,33-,34-,35+,36+/m1/s1. The second-order valence-corrected chi connectivity index (χ2v) is 15.4. The Morgan fingerprint density at radius 2 is 1.44 bits per heavy atom. The summed E-state index contributed by atoms with van der Waals surface area (Å²) >= 11 is 0. The van der Waals surface area contributed by atoms with Gasteiger partial charge in [0.15, 0.2) is 18.8 Å². The van der Waals surface area contributed by atoms with Gasteiger partial charge in [0.25, 0.3) is 5.56 Å². The molecular formula is C37H60N4O16. The first-order valence-electron chi connectivity index (χ1n) is 19.6. The van der Waals surface area contributed by atoms with Crippen LogP contribution in [0.15, 0.2) is 34.0 Å². The van der Waals surface area contributed by atoms with Crippen LogP contribution in [0.1, 0.15) is 84.8 Å². The quantitative estimate of drug-likeness (QED) is 0.0494. The lowest BCUT2D eigenvalue weighted by atomic mass is 9.91. The lowest BCUT2D eigenvalue weighted by Gasteiger charge is -2.47. The number of carbonyl (C=O) groups is 2. The van der Waals surface area contributed by atoms with Gasteiger partial charge in [0.1, 0.15) is 60.9 Å². The SMILES string of the molecule is CC(=O)N[C@@H]1[C@H](O[C@@H]2O[C@H](C[C@@H](O)[C@H]3O[C@@H](n4ccc(=O)[nH]c4=O)[C@H](O)[C@@H]3O)[C@H](O)[C@H](O)[C@H]2NC(=O)/C=C/CCCCCCCCC(C)C)O[C@@H](CO)[C@H](O)[C@H]1O. The number of rotatable bonds is 19. The summed E-state index contributed by atoms with van der Waals surface area (Å²) in [4.78, 5) is 51.0. The summed E-state index contributed by atoms with van der Waals surface area (Å²) in [6.45, 7) is 4.75. The summed E-state index contributed by atoms with van der Waals surface area (Å²) in [5, 5.41) is 91.3. The molecule has 1 aromatic rings. The van der Waals surface area contributed by atoms with Crippen molar-refractivity contribution in [3.63, 3.8) is 0 Å². The first kappa shape index (κ1) is 46.6. The van der Waals surface area contributed by atoms with Crippen LogP contribution in [0.5, 0.6) is 0 Å². The van der Waals surface area contributed by atoms with Crippen molar-refractivity contribution in [1.29, 1.82) is 0 Å². The van der Waals surface area contributed by atoms with Gasteiger partial charge in [-0.25, -0.2) is 4.79 Å². The van der Waals surface area contributed by atoms with Gasteiger partial charge in [-0.1, -0.05) is 58.4 Å². The van der Waals surface area contributed by atoms with Crippen LogP contribution in [0.25, 0.3) is 0 Å². The molecule has 324 valence electrons. The molecule has 0 saturated carbocycles. The molecule has 4 rings (SSSR count). The molecule has 15 atom stereocenters. The Kier molecular flexibility index (Phi) is 17.8. The molecule has 0 aromatic carbocycles. The molecule has 0 spiro atoms. The largest absolute Gasteiger partial charge is 0.394 e. The number of nitrogens with one attached hydrogen (secondary N) is 3. The predicted molar refractivity (Wildman–Crippen MR) is 198 cm³/mol. The van der Waals surface area contributed by atoms with Gasteiger partial charge >= 0.3 is 5.69 Å². The van der Waals surface area contributed by atoms with Gasteiger partial charge in [-0.15, -0.1) is 0 Å². The number of ether oxygens (including phenoxy) is 4. The van der Waals surface area contributed by atoms with E-state index in [0.29, 0.717) is 12.3 Å². The van der Waals surface area contributed by atoms with E-state index in [2.05, 4.69) is 24.5 Å². The number of hydrogen-bond acceptors (Lipinski definition) is 16. The van der Waals surface area contributed by atoms with Gasteiger partial charge in [-0.05, 0) is 24.8 Å². The van der Waals surface area contributed by atoms with E-state index in [0.717, 1.165) is 49.4 Å². The van der Waals surface area contributed by atoms with Crippen molar-refractivity contribution in [2.24, 2.45) is 5.92 Å². The Bertz CT molecular complexity index is 1570. The zero-order valence-corrected chi connectivity index (χ0v) is 32.4. The Hall–Kier alpha value is -3.12. The van der Waals surface area contributed by atoms with E-state index in [9.17, 15) is 60.0 Å². The monoisotopic (exact) mass is 816 g/mol. The van der Waals surface area contributed by atoms with Crippen molar-refractivity contribution < 1.29 is 69.4 Å². The topological polar surface area (TPSA) is 312 Å². The Labute approximate surface area is 329 Å². The van der Waals surface area contributed by atoms with Crippen LogP contribution in [0.3, 0.4) is 0 Å². The van der Waals surface area contributed by atoms with E-state index in [4.69, 9.17) is 18.9 Å². The van der Waals surface area contributed by atoms with Crippen LogP contribution in [0, 0.1) is 5.92 Å². The van der Waals surface area contributed by atoms with Crippen LogP contribution in [-0.2, 0) is 28.5 Å². The highest BCUT2D eigenvalue weighted by Gasteiger charge is 2.53. The first-order chi connectivity index (χ1) is 27.0. The van der Waals surface area contributed by atoms with E-state index >= 15 is 0 Å². The van der Waals surface area contributed by atoms with Crippen molar-refractivity contribution >= 4 is 11.8 Å². The maximum atomic E-state index is 13.1. The molecule has 3 fully saturated rings. The van der Waals surface area contributed by atoms with Crippen LogP contribution in [0.2, 0.25) is 0 Å². The normalized spacial score (nSPS) is 35.1. The number of unbranched alkanes of at least 4 members (excludes halogenated alkanes) is 6. The number of amides is 2. The molecule has 20 heteroatoms. The predicted octanol–water partition coefficient (Wildman–Crippen LogP) is -2.87. The highest BCUT2D eigenvalue weighted by atomic mass is 16.8. The number of aromatic nitrogens is 2. The number of H-pyrrole nitrogens is 1. The molecule has 1 aromatic heterocycles. The lowest BCUT2D eigenvalue weighted by Crippen LogP contribution is -2.68. The number of hydrogen-bond donors (Lipinski definition) is 11. The van der Waals surface area contributed by atoms with E-state index in [1.807, 2.05) is 4.98 Å². The summed E-state index contributed by atoms with van der Waals surface area (Å²) in [7, 11) is 0. The highest BCUT2D eigenvalue weighted by molar-refractivity contribution is 5.87. The molecular weight excluding hydrogens is 756 g/mol. The lowest BCUT2D eigenvalue weighted by molar-refractivity contribution is -0.346. The summed E-state index contributed by atoms with van der Waals surface area (Å²) in [6, 6.07) is -2.01. The molecule has 0 unspecified atom stereocenters. The molecule has 20 nitrogen and oxygen atoms in total. The van der Waals surface area contributed by atoms with Gasteiger partial charge in [0.2, 0.25) is 11.8 Å². The van der Waals surface area contributed by atoms with E-state index in [1.165, 1.54) is 25.3 Å². The summed E-state index contributed by atoms with van der Waals surface area (Å²) < 4.78 is 24.1. The first-order valence-corrected chi connectivity index (χ1v) is 19.6. The third-order valence-electron chi connectivity index (χ3n) is 10.5. The maximum absolute atomic E-state index is 13.1. The third-order valence-corrected chi connectivity index (χ3v) is 10.5. The van der Waals surface area contributed by atoms with Crippen molar-refractivity contribution in [3.05, 3.63) is 45.3 Å². The molecule has 3 aliphatic rings. The molecule has 3 aliphatic heterocycles. The van der Waals surface area contributed by atoms with Crippen molar-refractivity contribution in [2.45, 2.75) is 170 Å². The van der Waals surface area contributed by atoms with E-state index in [-0.39, 0.29) is 0 Å². The number of aromatic amines is 1. The molecule has 3 saturated heterocycles. The number of aliphatic hydroxyl groups is 8. The van der Waals surface area contributed by atoms with Gasteiger partial charge < -0.3 is 70.4 Å². The van der Waals surface area contributed by atoms with Crippen LogP contribution in [-0.4, -0.2) is 155 Å². The average molecular weight is 817 g/mol. The summed E-state index contributed by atoms with van der Waals surface area (Å²) in [5.74, 6) is -0.665. The maximum Gasteiger partial charge on any atom is 0.330 e. The minimum absolute atomic E-state index is 0.598. The molecule has 11 N–H and O–H groups in total. The fraction of sp³-hybridized carbons (Fsp3) is 0.784. The number of carbonyl (C=O) groups excluding carboxylic acids is 2. The summed E-state index contributed by atoms with van der Waals surface area (Å²) in [5.41, 5.74) is -1.68. The summed E-state index contributed by atoms with van der Waals surface area (Å²) in [6.07, 6.45) is -10.3. The van der Waals surface area contributed by atoms with Gasteiger partial charge in [-0.3, -0.25) is 23.9 Å². The molecule has 0 bridgehead atoms. The second-order valence-electron chi connectivity index (χ2n) is 15.4. The Morgan fingerprint density at radius 1 is 0.842 bits per heavy atom. The van der Waals surface area contributed by atoms with E-state index in [1.54, 1.807) is 6.08 Å². The minimum atomic E-state index is -1.85. The average Bonchev–Trinajstić information content (AvgIpc) is 3.45. The van der Waals surface area contributed by atoms with Gasteiger partial charge in [0, 0.05) is 25.6 Å².